The molecule has 0 spiro atoms. The van der Waals surface area contributed by atoms with Crippen molar-refractivity contribution in [2.75, 3.05) is 18.6 Å². The van der Waals surface area contributed by atoms with Gasteiger partial charge in [-0.2, -0.15) is 4.98 Å². The standard InChI is InChI=1S/C14H17N3OS/c1-9-13(15-3)16-10(2)17-14(9)18-11-5-7-12(19-4)8-6-11/h5-8H,1-4H3,(H,15,16,17). The monoisotopic (exact) mass is 275 g/mol. The third-order valence-electron chi connectivity index (χ3n) is 2.72. The molecule has 1 aromatic heterocycles. The van der Waals surface area contributed by atoms with Crippen LogP contribution in [0.5, 0.6) is 11.6 Å². The minimum absolute atomic E-state index is 0.591. The fourth-order valence-corrected chi connectivity index (χ4v) is 2.11. The molecule has 19 heavy (non-hydrogen) atoms. The first-order chi connectivity index (χ1) is 9.13. The lowest BCUT2D eigenvalue weighted by molar-refractivity contribution is 0.455. The fraction of sp³-hybridized carbons (Fsp3) is 0.286. The number of hydrogen-bond acceptors (Lipinski definition) is 5. The Morgan fingerprint density at radius 2 is 1.79 bits per heavy atom. The van der Waals surface area contributed by atoms with Crippen LogP contribution in [0.3, 0.4) is 0 Å². The minimum atomic E-state index is 0.591. The second-order valence-corrected chi connectivity index (χ2v) is 4.96. The van der Waals surface area contributed by atoms with Crippen LogP contribution < -0.4 is 10.1 Å². The first-order valence-electron chi connectivity index (χ1n) is 5.99. The van der Waals surface area contributed by atoms with Crippen LogP contribution in [0.2, 0.25) is 0 Å². The summed E-state index contributed by atoms with van der Waals surface area (Å²) >= 11 is 1.70. The number of nitrogens with one attached hydrogen (secondary N) is 1. The van der Waals surface area contributed by atoms with Gasteiger partial charge in [0, 0.05) is 11.9 Å². The van der Waals surface area contributed by atoms with Crippen LogP contribution in [0, 0.1) is 13.8 Å². The molecule has 0 atom stereocenters. The normalized spacial score (nSPS) is 10.3. The Bertz CT molecular complexity index is 570. The highest BCUT2D eigenvalue weighted by Gasteiger charge is 2.10. The first kappa shape index (κ1) is 13.7. The Hall–Kier alpha value is -1.75. The fourth-order valence-electron chi connectivity index (χ4n) is 1.70. The molecule has 0 saturated carbocycles. The van der Waals surface area contributed by atoms with Crippen molar-refractivity contribution in [3.63, 3.8) is 0 Å². The van der Waals surface area contributed by atoms with Gasteiger partial charge in [0.1, 0.15) is 17.4 Å². The van der Waals surface area contributed by atoms with E-state index in [4.69, 9.17) is 4.74 Å². The number of anilines is 1. The van der Waals surface area contributed by atoms with Crippen molar-refractivity contribution >= 4 is 17.6 Å². The SMILES string of the molecule is CNc1nc(C)nc(Oc2ccc(SC)cc2)c1C. The third kappa shape index (κ3) is 3.17. The van der Waals surface area contributed by atoms with Gasteiger partial charge in [0.15, 0.2) is 0 Å². The predicted octanol–water partition coefficient (Wildman–Crippen LogP) is 3.65. The van der Waals surface area contributed by atoms with Crippen LogP contribution in [0.25, 0.3) is 0 Å². The molecule has 0 aliphatic rings. The van der Waals surface area contributed by atoms with Gasteiger partial charge >= 0.3 is 0 Å². The van der Waals surface area contributed by atoms with Gasteiger partial charge in [-0.05, 0) is 44.4 Å². The summed E-state index contributed by atoms with van der Waals surface area (Å²) in [6.07, 6.45) is 2.05. The Kier molecular flexibility index (Phi) is 4.27. The lowest BCUT2D eigenvalue weighted by Crippen LogP contribution is -2.02. The summed E-state index contributed by atoms with van der Waals surface area (Å²) in [6.45, 7) is 3.79. The van der Waals surface area contributed by atoms with Gasteiger partial charge in [-0.1, -0.05) is 0 Å². The Balaban J connectivity index is 2.29. The molecule has 4 nitrogen and oxygen atoms in total. The van der Waals surface area contributed by atoms with Gasteiger partial charge in [-0.25, -0.2) is 4.98 Å². The Labute approximate surface area is 117 Å². The van der Waals surface area contributed by atoms with E-state index in [0.717, 1.165) is 17.1 Å². The maximum atomic E-state index is 5.83. The van der Waals surface area contributed by atoms with Gasteiger partial charge < -0.3 is 10.1 Å². The number of thioether (sulfide) groups is 1. The van der Waals surface area contributed by atoms with Gasteiger partial charge in [0.2, 0.25) is 5.88 Å². The average Bonchev–Trinajstić information content (AvgIpc) is 2.43. The van der Waals surface area contributed by atoms with E-state index in [1.807, 2.05) is 51.4 Å². The molecular formula is C14H17N3OS. The van der Waals surface area contributed by atoms with Gasteiger partial charge in [0.25, 0.3) is 0 Å². The van der Waals surface area contributed by atoms with Crippen LogP contribution in [0.1, 0.15) is 11.4 Å². The Morgan fingerprint density at radius 3 is 2.37 bits per heavy atom. The summed E-state index contributed by atoms with van der Waals surface area (Å²) in [7, 11) is 1.84. The predicted molar refractivity (Wildman–Crippen MR) is 79.3 cm³/mol. The maximum Gasteiger partial charge on any atom is 0.227 e. The summed E-state index contributed by atoms with van der Waals surface area (Å²) < 4.78 is 5.83. The number of aryl methyl sites for hydroxylation is 1. The van der Waals surface area contributed by atoms with Gasteiger partial charge in [0.05, 0.1) is 5.56 Å². The van der Waals surface area contributed by atoms with Crippen LogP contribution in [-0.2, 0) is 0 Å². The molecule has 0 fully saturated rings. The molecule has 1 aromatic carbocycles. The van der Waals surface area contributed by atoms with E-state index in [1.54, 1.807) is 11.8 Å². The van der Waals surface area contributed by atoms with Crippen LogP contribution in [0.15, 0.2) is 29.2 Å². The number of hydrogen-bond donors (Lipinski definition) is 1. The smallest absolute Gasteiger partial charge is 0.227 e. The molecule has 0 unspecified atom stereocenters. The summed E-state index contributed by atoms with van der Waals surface area (Å²) in [5, 5.41) is 3.05. The van der Waals surface area contributed by atoms with Crippen LogP contribution >= 0.6 is 11.8 Å². The molecule has 1 heterocycles. The number of nitrogens with zero attached hydrogens (tertiary/aromatic N) is 2. The zero-order chi connectivity index (χ0) is 13.8. The molecule has 2 aromatic rings. The van der Waals surface area contributed by atoms with E-state index in [2.05, 4.69) is 15.3 Å². The largest absolute Gasteiger partial charge is 0.439 e. The van der Waals surface area contributed by atoms with Crippen molar-refractivity contribution in [1.29, 1.82) is 0 Å². The van der Waals surface area contributed by atoms with E-state index in [9.17, 15) is 0 Å². The first-order valence-corrected chi connectivity index (χ1v) is 7.21. The molecule has 0 bridgehead atoms. The van der Waals surface area contributed by atoms with E-state index in [0.29, 0.717) is 11.7 Å². The molecule has 5 heteroatoms. The van der Waals surface area contributed by atoms with Gasteiger partial charge in [-0.15, -0.1) is 11.8 Å². The molecule has 2 rings (SSSR count). The number of benzene rings is 1. The number of aromatic nitrogens is 2. The molecule has 0 amide bonds. The molecule has 1 N–H and O–H groups in total. The quantitative estimate of drug-likeness (QED) is 0.863. The molecule has 0 saturated heterocycles. The molecule has 0 radical (unpaired) electrons. The van der Waals surface area contributed by atoms with E-state index in [-0.39, 0.29) is 0 Å². The highest BCUT2D eigenvalue weighted by molar-refractivity contribution is 7.98. The van der Waals surface area contributed by atoms with E-state index in [1.165, 1.54) is 4.90 Å². The molecular weight excluding hydrogens is 258 g/mol. The van der Waals surface area contributed by atoms with Crippen molar-refractivity contribution < 1.29 is 4.74 Å². The highest BCUT2D eigenvalue weighted by atomic mass is 32.2. The zero-order valence-electron chi connectivity index (χ0n) is 11.5. The second kappa shape index (κ2) is 5.93. The van der Waals surface area contributed by atoms with Gasteiger partial charge in [-0.3, -0.25) is 0 Å². The summed E-state index contributed by atoms with van der Waals surface area (Å²) in [4.78, 5) is 9.86. The summed E-state index contributed by atoms with van der Waals surface area (Å²) in [6, 6.07) is 7.95. The van der Waals surface area contributed by atoms with Crippen molar-refractivity contribution in [3.05, 3.63) is 35.7 Å². The summed E-state index contributed by atoms with van der Waals surface area (Å²) in [5.41, 5.74) is 0.905. The van der Waals surface area contributed by atoms with Crippen LogP contribution in [0.4, 0.5) is 5.82 Å². The molecule has 0 aliphatic heterocycles. The topological polar surface area (TPSA) is 47.0 Å². The number of rotatable bonds is 4. The maximum absolute atomic E-state index is 5.83. The number of ether oxygens (including phenoxy) is 1. The zero-order valence-corrected chi connectivity index (χ0v) is 12.3. The molecule has 100 valence electrons. The van der Waals surface area contributed by atoms with Crippen molar-refractivity contribution in [2.24, 2.45) is 0 Å². The van der Waals surface area contributed by atoms with Crippen LogP contribution in [-0.4, -0.2) is 23.3 Å². The second-order valence-electron chi connectivity index (χ2n) is 4.08. The lowest BCUT2D eigenvalue weighted by Gasteiger charge is -2.11. The third-order valence-corrected chi connectivity index (χ3v) is 3.47. The van der Waals surface area contributed by atoms with Crippen molar-refractivity contribution in [2.45, 2.75) is 18.7 Å². The Morgan fingerprint density at radius 1 is 1.11 bits per heavy atom. The molecule has 0 aliphatic carbocycles. The van der Waals surface area contributed by atoms with E-state index >= 15 is 0 Å². The van der Waals surface area contributed by atoms with Crippen molar-refractivity contribution in [1.82, 2.24) is 9.97 Å². The lowest BCUT2D eigenvalue weighted by atomic mass is 10.3. The van der Waals surface area contributed by atoms with E-state index < -0.39 is 0 Å². The minimum Gasteiger partial charge on any atom is -0.439 e. The average molecular weight is 275 g/mol. The summed E-state index contributed by atoms with van der Waals surface area (Å²) in [5.74, 6) is 2.85. The highest BCUT2D eigenvalue weighted by Crippen LogP contribution is 2.28. The van der Waals surface area contributed by atoms with Crippen molar-refractivity contribution in [3.8, 4) is 11.6 Å².